The Labute approximate surface area is 97.8 Å². The van der Waals surface area contributed by atoms with Crippen LogP contribution in [0.5, 0.6) is 0 Å². The third-order valence-electron chi connectivity index (χ3n) is 4.65. The minimum atomic E-state index is -0.932. The van der Waals surface area contributed by atoms with E-state index in [0.29, 0.717) is 12.8 Å². The van der Waals surface area contributed by atoms with Crippen LogP contribution in [-0.2, 0) is 4.74 Å². The Kier molecular flexibility index (Phi) is 2.65. The largest absolute Gasteiger partial charge is 0.393 e. The number of ether oxygens (including phenoxy) is 1. The average Bonchev–Trinajstić information content (AvgIpc) is 2.44. The lowest BCUT2D eigenvalue weighted by molar-refractivity contribution is -0.256. The zero-order valence-electron chi connectivity index (χ0n) is 10.8. The van der Waals surface area contributed by atoms with Crippen LogP contribution in [0.1, 0.15) is 53.4 Å². The van der Waals surface area contributed by atoms with E-state index in [1.165, 1.54) is 0 Å². The van der Waals surface area contributed by atoms with Crippen molar-refractivity contribution in [2.75, 3.05) is 0 Å². The molecule has 2 rings (SSSR count). The van der Waals surface area contributed by atoms with Gasteiger partial charge in [0.05, 0.1) is 17.8 Å². The van der Waals surface area contributed by atoms with Gasteiger partial charge in [0.25, 0.3) is 0 Å². The van der Waals surface area contributed by atoms with Gasteiger partial charge < -0.3 is 14.9 Å². The highest BCUT2D eigenvalue weighted by Gasteiger charge is 2.63. The first kappa shape index (κ1) is 12.3. The van der Waals surface area contributed by atoms with Crippen LogP contribution in [0.3, 0.4) is 0 Å². The molecule has 1 aliphatic carbocycles. The molecule has 4 atom stereocenters. The van der Waals surface area contributed by atoms with E-state index in [-0.39, 0.29) is 11.5 Å². The zero-order valence-corrected chi connectivity index (χ0v) is 10.8. The molecule has 94 valence electrons. The molecule has 1 saturated carbocycles. The maximum atomic E-state index is 10.7. The van der Waals surface area contributed by atoms with E-state index >= 15 is 0 Å². The highest BCUT2D eigenvalue weighted by molar-refractivity contribution is 5.14. The molecule has 2 N–H and O–H groups in total. The molecule has 1 heterocycles. The monoisotopic (exact) mass is 228 g/mol. The van der Waals surface area contributed by atoms with E-state index in [2.05, 4.69) is 20.8 Å². The van der Waals surface area contributed by atoms with Crippen molar-refractivity contribution in [3.05, 3.63) is 0 Å². The fourth-order valence-electron chi connectivity index (χ4n) is 3.94. The van der Waals surface area contributed by atoms with E-state index < -0.39 is 17.3 Å². The third kappa shape index (κ3) is 1.52. The molecule has 0 aromatic rings. The van der Waals surface area contributed by atoms with E-state index in [1.807, 2.05) is 6.92 Å². The summed E-state index contributed by atoms with van der Waals surface area (Å²) >= 11 is 0. The molecule has 0 unspecified atom stereocenters. The van der Waals surface area contributed by atoms with E-state index in [0.717, 1.165) is 12.8 Å². The van der Waals surface area contributed by atoms with Gasteiger partial charge in [-0.3, -0.25) is 0 Å². The third-order valence-corrected chi connectivity index (χ3v) is 4.65. The molecular weight excluding hydrogens is 204 g/mol. The number of aliphatic hydroxyl groups is 2. The first-order valence-corrected chi connectivity index (χ1v) is 6.28. The number of aliphatic hydroxyl groups excluding tert-OH is 1. The molecule has 0 aromatic carbocycles. The van der Waals surface area contributed by atoms with Gasteiger partial charge in [0, 0.05) is 6.42 Å². The Balaban J connectivity index is 2.39. The summed E-state index contributed by atoms with van der Waals surface area (Å²) in [4.78, 5) is 0. The van der Waals surface area contributed by atoms with Crippen LogP contribution in [0, 0.1) is 5.41 Å². The molecule has 0 bridgehead atoms. The van der Waals surface area contributed by atoms with Crippen molar-refractivity contribution < 1.29 is 14.9 Å². The van der Waals surface area contributed by atoms with Crippen LogP contribution >= 0.6 is 0 Å². The van der Waals surface area contributed by atoms with Gasteiger partial charge in [-0.05, 0) is 38.5 Å². The lowest BCUT2D eigenvalue weighted by Gasteiger charge is -2.57. The fourth-order valence-corrected chi connectivity index (χ4v) is 3.94. The molecule has 2 aliphatic rings. The lowest BCUT2D eigenvalue weighted by atomic mass is 9.56. The van der Waals surface area contributed by atoms with Crippen molar-refractivity contribution >= 4 is 0 Å². The van der Waals surface area contributed by atoms with Gasteiger partial charge in [-0.2, -0.15) is 0 Å². The summed E-state index contributed by atoms with van der Waals surface area (Å²) in [5, 5.41) is 20.5. The van der Waals surface area contributed by atoms with Gasteiger partial charge in [-0.25, -0.2) is 0 Å². The second-order valence-corrected chi connectivity index (χ2v) is 6.51. The van der Waals surface area contributed by atoms with Crippen LogP contribution in [0.4, 0.5) is 0 Å². The average molecular weight is 228 g/mol. The molecule has 0 amide bonds. The molecule has 0 radical (unpaired) electrons. The van der Waals surface area contributed by atoms with Gasteiger partial charge in [-0.15, -0.1) is 0 Å². The molecule has 3 heteroatoms. The van der Waals surface area contributed by atoms with Crippen LogP contribution < -0.4 is 0 Å². The summed E-state index contributed by atoms with van der Waals surface area (Å²) in [5.74, 6) is 0. The Bertz CT molecular complexity index is 265. The van der Waals surface area contributed by atoms with Crippen molar-refractivity contribution in [3.63, 3.8) is 0 Å². The Morgan fingerprint density at radius 3 is 2.25 bits per heavy atom. The standard InChI is InChI=1S/C13H24O3/c1-9-5-6-13(16-9)11(2,3)7-10(14)8-12(13,4)15/h9-10,14-15H,5-8H2,1-4H3/t9-,10-,12-,13+/m1/s1. The minimum absolute atomic E-state index is 0.182. The van der Waals surface area contributed by atoms with Gasteiger partial charge in [0.1, 0.15) is 5.60 Å². The molecule has 1 spiro atoms. The second-order valence-electron chi connectivity index (χ2n) is 6.51. The highest BCUT2D eigenvalue weighted by atomic mass is 16.5. The number of rotatable bonds is 0. The Hall–Kier alpha value is -0.120. The topological polar surface area (TPSA) is 49.7 Å². The smallest absolute Gasteiger partial charge is 0.102 e. The van der Waals surface area contributed by atoms with Gasteiger partial charge in [-0.1, -0.05) is 13.8 Å². The SMILES string of the molecule is C[C@@H]1CC[C@]2(O1)C(C)(C)C[C@@H](O)C[C@@]2(C)O. The molecule has 1 aliphatic heterocycles. The minimum Gasteiger partial charge on any atom is -0.393 e. The molecule has 2 fully saturated rings. The molecule has 0 aromatic heterocycles. The Morgan fingerprint density at radius 1 is 1.19 bits per heavy atom. The van der Waals surface area contributed by atoms with Crippen molar-refractivity contribution in [1.29, 1.82) is 0 Å². The highest BCUT2D eigenvalue weighted by Crippen LogP contribution is 2.57. The molecule has 16 heavy (non-hydrogen) atoms. The predicted molar refractivity (Wildman–Crippen MR) is 62.2 cm³/mol. The maximum Gasteiger partial charge on any atom is 0.102 e. The molecule has 3 nitrogen and oxygen atoms in total. The second kappa shape index (κ2) is 3.44. The van der Waals surface area contributed by atoms with Crippen molar-refractivity contribution in [1.82, 2.24) is 0 Å². The summed E-state index contributed by atoms with van der Waals surface area (Å²) in [6, 6.07) is 0. The molecular formula is C13H24O3. The van der Waals surface area contributed by atoms with Gasteiger partial charge in [0.2, 0.25) is 0 Å². The first-order chi connectivity index (χ1) is 7.20. The summed E-state index contributed by atoms with van der Waals surface area (Å²) < 4.78 is 6.11. The summed E-state index contributed by atoms with van der Waals surface area (Å²) in [5.41, 5.74) is -1.60. The summed E-state index contributed by atoms with van der Waals surface area (Å²) in [7, 11) is 0. The van der Waals surface area contributed by atoms with Crippen molar-refractivity contribution in [2.45, 2.75) is 76.8 Å². The van der Waals surface area contributed by atoms with Gasteiger partial charge in [0.15, 0.2) is 0 Å². The fraction of sp³-hybridized carbons (Fsp3) is 1.00. The van der Waals surface area contributed by atoms with Crippen molar-refractivity contribution in [3.8, 4) is 0 Å². The van der Waals surface area contributed by atoms with Crippen LogP contribution in [0.15, 0.2) is 0 Å². The normalized spacial score (nSPS) is 52.1. The van der Waals surface area contributed by atoms with Crippen LogP contribution in [-0.4, -0.2) is 33.6 Å². The van der Waals surface area contributed by atoms with Crippen LogP contribution in [0.2, 0.25) is 0 Å². The van der Waals surface area contributed by atoms with E-state index in [9.17, 15) is 10.2 Å². The van der Waals surface area contributed by atoms with E-state index in [4.69, 9.17) is 4.74 Å². The van der Waals surface area contributed by atoms with E-state index in [1.54, 1.807) is 0 Å². The number of hydrogen-bond donors (Lipinski definition) is 2. The summed E-state index contributed by atoms with van der Waals surface area (Å²) in [6.07, 6.45) is 2.80. The van der Waals surface area contributed by atoms with Crippen LogP contribution in [0.25, 0.3) is 0 Å². The Morgan fingerprint density at radius 2 is 1.81 bits per heavy atom. The quantitative estimate of drug-likeness (QED) is 0.665. The zero-order chi connectivity index (χ0) is 12.2. The molecule has 1 saturated heterocycles. The predicted octanol–water partition coefficient (Wildman–Crippen LogP) is 1.86. The lowest BCUT2D eigenvalue weighted by Crippen LogP contribution is -2.65. The first-order valence-electron chi connectivity index (χ1n) is 6.28. The summed E-state index contributed by atoms with van der Waals surface area (Å²) in [6.45, 7) is 8.07. The van der Waals surface area contributed by atoms with Crippen molar-refractivity contribution in [2.24, 2.45) is 5.41 Å². The van der Waals surface area contributed by atoms with Gasteiger partial charge >= 0.3 is 0 Å². The maximum absolute atomic E-state index is 10.7. The number of hydrogen-bond acceptors (Lipinski definition) is 3.